The Kier molecular flexibility index (Phi) is 4.99. The SMILES string of the molecule is C[S+]([O-])CCC(CO)(C(=O)O)c1ccccc1. The maximum absolute atomic E-state index is 11.4. The van der Waals surface area contributed by atoms with E-state index >= 15 is 0 Å². The third-order valence-corrected chi connectivity index (χ3v) is 3.60. The van der Waals surface area contributed by atoms with Crippen molar-refractivity contribution in [3.63, 3.8) is 0 Å². The van der Waals surface area contributed by atoms with Gasteiger partial charge in [-0.1, -0.05) is 41.5 Å². The van der Waals surface area contributed by atoms with Crippen LogP contribution in [-0.2, 0) is 21.4 Å². The van der Waals surface area contributed by atoms with Crippen molar-refractivity contribution in [2.75, 3.05) is 18.6 Å². The molecule has 5 heteroatoms. The molecule has 2 atom stereocenters. The Bertz CT molecular complexity index is 366. The molecule has 0 heterocycles. The molecule has 0 saturated heterocycles. The summed E-state index contributed by atoms with van der Waals surface area (Å²) in [5.41, 5.74) is -0.812. The minimum Gasteiger partial charge on any atom is -0.617 e. The lowest BCUT2D eigenvalue weighted by atomic mass is 9.79. The molecule has 0 aliphatic carbocycles. The summed E-state index contributed by atoms with van der Waals surface area (Å²) >= 11 is -1.08. The minimum atomic E-state index is -1.35. The predicted octanol–water partition coefficient (Wildman–Crippen LogP) is 0.770. The summed E-state index contributed by atoms with van der Waals surface area (Å²) in [7, 11) is 0. The third-order valence-electron chi connectivity index (χ3n) is 2.82. The summed E-state index contributed by atoms with van der Waals surface area (Å²) in [6.45, 7) is -0.496. The highest BCUT2D eigenvalue weighted by atomic mass is 32.2. The smallest absolute Gasteiger partial charge is 0.316 e. The molecule has 0 amide bonds. The summed E-state index contributed by atoms with van der Waals surface area (Å²) in [6.07, 6.45) is 1.68. The quantitative estimate of drug-likeness (QED) is 0.737. The number of carboxylic acid groups (broad SMARTS) is 1. The molecule has 0 bridgehead atoms. The first-order chi connectivity index (χ1) is 8.03. The van der Waals surface area contributed by atoms with Gasteiger partial charge in [0.05, 0.1) is 12.9 Å². The molecule has 0 saturated carbocycles. The van der Waals surface area contributed by atoms with Gasteiger partial charge in [0.1, 0.15) is 11.2 Å². The molecule has 2 unspecified atom stereocenters. The van der Waals surface area contributed by atoms with Gasteiger partial charge in [-0.2, -0.15) is 0 Å². The van der Waals surface area contributed by atoms with Crippen LogP contribution in [0.5, 0.6) is 0 Å². The Hall–Kier alpha value is -1.04. The molecule has 2 N–H and O–H groups in total. The molecule has 0 spiro atoms. The number of carboxylic acids is 1. The van der Waals surface area contributed by atoms with Crippen LogP contribution in [0.15, 0.2) is 30.3 Å². The van der Waals surface area contributed by atoms with Crippen molar-refractivity contribution >= 4 is 17.1 Å². The summed E-state index contributed by atoms with van der Waals surface area (Å²) in [4.78, 5) is 11.4. The van der Waals surface area contributed by atoms with Crippen molar-refractivity contribution in [1.82, 2.24) is 0 Å². The minimum absolute atomic E-state index is 0.159. The van der Waals surface area contributed by atoms with Crippen LogP contribution in [-0.4, -0.2) is 39.4 Å². The summed E-state index contributed by atoms with van der Waals surface area (Å²) in [5, 5.41) is 18.8. The summed E-state index contributed by atoms with van der Waals surface area (Å²) in [5.74, 6) is -0.835. The van der Waals surface area contributed by atoms with Crippen molar-refractivity contribution in [2.45, 2.75) is 11.8 Å². The highest BCUT2D eigenvalue weighted by molar-refractivity contribution is 7.90. The molecule has 1 aromatic rings. The van der Waals surface area contributed by atoms with Crippen molar-refractivity contribution in [3.8, 4) is 0 Å². The first kappa shape index (κ1) is 14.0. The van der Waals surface area contributed by atoms with Gasteiger partial charge in [-0.05, 0) is 5.56 Å². The van der Waals surface area contributed by atoms with Gasteiger partial charge in [0.15, 0.2) is 0 Å². The topological polar surface area (TPSA) is 80.6 Å². The van der Waals surface area contributed by atoms with Gasteiger partial charge in [-0.15, -0.1) is 0 Å². The Morgan fingerprint density at radius 3 is 2.41 bits per heavy atom. The number of carbonyl (C=O) groups is 1. The molecule has 94 valence electrons. The lowest BCUT2D eigenvalue weighted by molar-refractivity contribution is -0.145. The molecule has 1 aromatic carbocycles. The van der Waals surface area contributed by atoms with Crippen molar-refractivity contribution in [3.05, 3.63) is 35.9 Å². The van der Waals surface area contributed by atoms with Crippen LogP contribution in [0.25, 0.3) is 0 Å². The number of aliphatic hydroxyl groups is 1. The van der Waals surface area contributed by atoms with Crippen molar-refractivity contribution in [1.29, 1.82) is 0 Å². The number of rotatable bonds is 6. The molecule has 1 rings (SSSR count). The van der Waals surface area contributed by atoms with Crippen molar-refractivity contribution < 1.29 is 19.6 Å². The van der Waals surface area contributed by atoms with Gasteiger partial charge in [0.2, 0.25) is 0 Å². The first-order valence-corrected chi connectivity index (χ1v) is 6.95. The normalized spacial score (nSPS) is 16.2. The largest absolute Gasteiger partial charge is 0.617 e. The van der Waals surface area contributed by atoms with Crippen LogP contribution >= 0.6 is 0 Å². The second-order valence-corrected chi connectivity index (χ2v) is 5.49. The zero-order valence-electron chi connectivity index (χ0n) is 9.63. The monoisotopic (exact) mass is 256 g/mol. The van der Waals surface area contributed by atoms with Gasteiger partial charge >= 0.3 is 5.97 Å². The van der Waals surface area contributed by atoms with E-state index in [-0.39, 0.29) is 12.2 Å². The fourth-order valence-electron chi connectivity index (χ4n) is 1.69. The Balaban J connectivity index is 3.05. The van der Waals surface area contributed by atoms with E-state index in [0.717, 1.165) is 0 Å². The number of aliphatic carboxylic acids is 1. The van der Waals surface area contributed by atoms with Gasteiger partial charge in [0, 0.05) is 6.42 Å². The number of hydrogen-bond acceptors (Lipinski definition) is 3. The van der Waals surface area contributed by atoms with E-state index in [0.29, 0.717) is 5.56 Å². The van der Waals surface area contributed by atoms with Gasteiger partial charge in [-0.3, -0.25) is 4.79 Å². The van der Waals surface area contributed by atoms with Crippen molar-refractivity contribution in [2.24, 2.45) is 0 Å². The van der Waals surface area contributed by atoms with E-state index in [4.69, 9.17) is 0 Å². The van der Waals surface area contributed by atoms with Crippen LogP contribution < -0.4 is 0 Å². The van der Waals surface area contributed by atoms with E-state index in [9.17, 15) is 19.6 Å². The average molecular weight is 256 g/mol. The molecule has 0 aromatic heterocycles. The van der Waals surface area contributed by atoms with Crippen LogP contribution in [0.1, 0.15) is 12.0 Å². The standard InChI is InChI=1S/C12H16O4S/c1-17(16)8-7-12(9-13,11(14)15)10-5-3-2-4-6-10/h2-6,13H,7-9H2,1H3,(H,14,15). The van der Waals surface area contributed by atoms with E-state index in [2.05, 4.69) is 0 Å². The van der Waals surface area contributed by atoms with Gasteiger partial charge in [-0.25, -0.2) is 0 Å². The number of benzene rings is 1. The zero-order valence-corrected chi connectivity index (χ0v) is 10.4. The lowest BCUT2D eigenvalue weighted by Gasteiger charge is -2.27. The third kappa shape index (κ3) is 3.21. The molecule has 4 nitrogen and oxygen atoms in total. The maximum atomic E-state index is 11.4. The van der Waals surface area contributed by atoms with Gasteiger partial charge < -0.3 is 14.8 Å². The van der Waals surface area contributed by atoms with Gasteiger partial charge in [0.25, 0.3) is 0 Å². The molecular weight excluding hydrogens is 240 g/mol. The summed E-state index contributed by atoms with van der Waals surface area (Å²) < 4.78 is 11.1. The first-order valence-electron chi connectivity index (χ1n) is 5.23. The fourth-order valence-corrected chi connectivity index (χ4v) is 2.32. The molecular formula is C12H16O4S. The number of hydrogen-bond donors (Lipinski definition) is 2. The second kappa shape index (κ2) is 6.05. The molecule has 0 aliphatic rings. The second-order valence-electron chi connectivity index (χ2n) is 3.94. The van der Waals surface area contributed by atoms with Crippen LogP contribution in [0.4, 0.5) is 0 Å². The molecule has 0 radical (unpaired) electrons. The molecule has 0 aliphatic heterocycles. The summed E-state index contributed by atoms with van der Waals surface area (Å²) in [6, 6.07) is 8.58. The number of aliphatic hydroxyl groups excluding tert-OH is 1. The van der Waals surface area contributed by atoms with E-state index < -0.39 is 29.2 Å². The van der Waals surface area contributed by atoms with E-state index in [1.165, 1.54) is 6.26 Å². The zero-order chi connectivity index (χ0) is 12.9. The lowest BCUT2D eigenvalue weighted by Crippen LogP contribution is -2.41. The van der Waals surface area contributed by atoms with E-state index in [1.807, 2.05) is 0 Å². The Morgan fingerprint density at radius 2 is 2.00 bits per heavy atom. The average Bonchev–Trinajstić information content (AvgIpc) is 2.31. The fraction of sp³-hybridized carbons (Fsp3) is 0.417. The maximum Gasteiger partial charge on any atom is 0.316 e. The van der Waals surface area contributed by atoms with Crippen LogP contribution in [0, 0.1) is 0 Å². The molecule has 0 fully saturated rings. The Labute approximate surface area is 103 Å². The van der Waals surface area contributed by atoms with E-state index in [1.54, 1.807) is 30.3 Å². The van der Waals surface area contributed by atoms with Crippen LogP contribution in [0.2, 0.25) is 0 Å². The highest BCUT2D eigenvalue weighted by Gasteiger charge is 2.40. The van der Waals surface area contributed by atoms with Crippen LogP contribution in [0.3, 0.4) is 0 Å². The Morgan fingerprint density at radius 1 is 1.41 bits per heavy atom. The highest BCUT2D eigenvalue weighted by Crippen LogP contribution is 2.28. The predicted molar refractivity (Wildman–Crippen MR) is 66.4 cm³/mol. The molecule has 17 heavy (non-hydrogen) atoms.